The molecule has 0 spiro atoms. The predicted molar refractivity (Wildman–Crippen MR) is 57.8 cm³/mol. The topological polar surface area (TPSA) is 127 Å². The Labute approximate surface area is 129 Å². The Hall–Kier alpha value is -0.190. The van der Waals surface area contributed by atoms with E-state index in [0.29, 0.717) is 13.2 Å². The van der Waals surface area contributed by atoms with Crippen molar-refractivity contribution in [2.45, 2.75) is 26.7 Å². The summed E-state index contributed by atoms with van der Waals surface area (Å²) in [5.74, 6) is -0.712. The first-order valence-electron chi connectivity index (χ1n) is 4.71. The van der Waals surface area contributed by atoms with E-state index >= 15 is 0 Å². The Morgan fingerprint density at radius 1 is 1.00 bits per heavy atom. The number of hydrogen-bond donors (Lipinski definition) is 2. The molecule has 0 aromatic carbocycles. The maximum atomic E-state index is 10.7. The van der Waals surface area contributed by atoms with Crippen LogP contribution in [0.25, 0.3) is 0 Å². The summed E-state index contributed by atoms with van der Waals surface area (Å²) in [4.78, 5) is 21.4. The molecule has 8 nitrogen and oxygen atoms in total. The largest absolute Gasteiger partial charge is 1.00 e. The van der Waals surface area contributed by atoms with Crippen molar-refractivity contribution in [3.05, 3.63) is 0 Å². The van der Waals surface area contributed by atoms with Gasteiger partial charge in [0.25, 0.3) is 0 Å². The molecule has 0 saturated carbocycles. The molecule has 0 aromatic heterocycles. The number of esters is 2. The molecule has 0 amide bonds. The Bertz CT molecular complexity index is 306. The number of rotatable bonds is 5. The van der Waals surface area contributed by atoms with Crippen LogP contribution in [0, 0.1) is 0 Å². The molecule has 0 heterocycles. The smallest absolute Gasteiger partial charge is 1.00 e. The normalized spacial score (nSPS) is 9.33. The van der Waals surface area contributed by atoms with Crippen LogP contribution in [0.15, 0.2) is 0 Å². The van der Waals surface area contributed by atoms with E-state index in [2.05, 4.69) is 9.47 Å². The molecule has 10 heteroatoms. The Morgan fingerprint density at radius 2 is 1.22 bits per heavy atom. The minimum absolute atomic E-state index is 0. The van der Waals surface area contributed by atoms with Gasteiger partial charge in [-0.25, -0.2) is 0 Å². The molecule has 0 aliphatic carbocycles. The minimum Gasteiger partial charge on any atom is -1.00 e. The van der Waals surface area contributed by atoms with Gasteiger partial charge in [0.2, 0.25) is 0 Å². The summed E-state index contributed by atoms with van der Waals surface area (Å²) in [5.41, 5.74) is 0. The fourth-order valence-electron chi connectivity index (χ4n) is 0.670. The fraction of sp³-hybridized carbons (Fsp3) is 0.750. The van der Waals surface area contributed by atoms with E-state index in [4.69, 9.17) is 17.5 Å². The summed E-state index contributed by atoms with van der Waals surface area (Å²) < 4.78 is 40.8. The van der Waals surface area contributed by atoms with Gasteiger partial charge in [0.05, 0.1) is 26.1 Å². The molecule has 0 fully saturated rings. The fourth-order valence-corrected chi connectivity index (χ4v) is 0.670. The van der Waals surface area contributed by atoms with E-state index in [1.807, 2.05) is 0 Å². The van der Waals surface area contributed by atoms with E-state index in [9.17, 15) is 9.59 Å². The third kappa shape index (κ3) is 29.7. The van der Waals surface area contributed by atoms with Gasteiger partial charge in [-0.3, -0.25) is 18.7 Å². The second kappa shape index (κ2) is 13.2. The van der Waals surface area contributed by atoms with Crippen molar-refractivity contribution in [3.63, 3.8) is 0 Å². The molecule has 0 bridgehead atoms. The van der Waals surface area contributed by atoms with Crippen molar-refractivity contribution >= 4 is 22.3 Å². The molecule has 0 saturated heterocycles. The van der Waals surface area contributed by atoms with Gasteiger partial charge in [-0.15, -0.1) is 0 Å². The number of carbonyl (C=O) groups excluding carboxylic acids is 2. The Morgan fingerprint density at radius 3 is 1.39 bits per heavy atom. The average Bonchev–Trinajstić information content (AvgIpc) is 2.13. The summed E-state index contributed by atoms with van der Waals surface area (Å²) in [6.07, 6.45) is 0.208. The summed E-state index contributed by atoms with van der Waals surface area (Å²) in [6.45, 7) is 4.15. The van der Waals surface area contributed by atoms with Gasteiger partial charge < -0.3 is 10.9 Å². The van der Waals surface area contributed by atoms with Gasteiger partial charge in [0.1, 0.15) is 0 Å². The molecule has 0 radical (unpaired) electrons. The van der Waals surface area contributed by atoms with Crippen LogP contribution in [0.1, 0.15) is 28.1 Å². The number of hydrogen-bond acceptors (Lipinski definition) is 6. The molecular weight excluding hydrogens is 279 g/mol. The van der Waals surface area contributed by atoms with Crippen LogP contribution in [0.4, 0.5) is 0 Å². The quantitative estimate of drug-likeness (QED) is 0.320. The molecule has 2 N–H and O–H groups in total. The van der Waals surface area contributed by atoms with Crippen molar-refractivity contribution in [3.8, 4) is 0 Å². The second-order valence-corrected chi connectivity index (χ2v) is 3.45. The summed E-state index contributed by atoms with van der Waals surface area (Å²) in [7, 11) is -4.67. The van der Waals surface area contributed by atoms with Gasteiger partial charge in [-0.2, -0.15) is 8.42 Å². The molecular formula is C8H17NaO8S. The molecule has 18 heavy (non-hydrogen) atoms. The van der Waals surface area contributed by atoms with Crippen LogP contribution in [0.5, 0.6) is 0 Å². The Balaban J connectivity index is -0.000000139. The zero-order valence-corrected chi connectivity index (χ0v) is 13.4. The Kier molecular flexibility index (Phi) is 16.9. The zero-order valence-electron chi connectivity index (χ0n) is 11.6. The first-order chi connectivity index (χ1) is 7.70. The summed E-state index contributed by atoms with van der Waals surface area (Å²) in [6, 6.07) is 0. The van der Waals surface area contributed by atoms with E-state index in [0.717, 1.165) is 0 Å². The van der Waals surface area contributed by atoms with Crippen LogP contribution >= 0.6 is 0 Å². The molecule has 0 aliphatic heterocycles. The van der Waals surface area contributed by atoms with Gasteiger partial charge in [0.15, 0.2) is 0 Å². The van der Waals surface area contributed by atoms with E-state index in [1.54, 1.807) is 13.8 Å². The van der Waals surface area contributed by atoms with Crippen LogP contribution < -0.4 is 29.6 Å². The monoisotopic (exact) mass is 296 g/mol. The maximum Gasteiger partial charge on any atom is 1.00 e. The SMILES string of the molecule is CCOC(=O)CCC(=O)OCC.O=S(=O)(O)O.[H-].[Na+]. The molecule has 0 unspecified atom stereocenters. The van der Waals surface area contributed by atoms with Crippen molar-refractivity contribution in [2.75, 3.05) is 13.2 Å². The number of carbonyl (C=O) groups is 2. The third-order valence-electron chi connectivity index (χ3n) is 1.14. The maximum absolute atomic E-state index is 10.7. The van der Waals surface area contributed by atoms with Crippen LogP contribution in [-0.2, 0) is 29.5 Å². The van der Waals surface area contributed by atoms with Gasteiger partial charge in [0, 0.05) is 0 Å². The van der Waals surface area contributed by atoms with Gasteiger partial charge in [-0.05, 0) is 13.8 Å². The van der Waals surface area contributed by atoms with Crippen LogP contribution in [-0.4, -0.2) is 42.7 Å². The zero-order chi connectivity index (χ0) is 13.9. The molecule has 0 aromatic rings. The van der Waals surface area contributed by atoms with Crippen LogP contribution in [0.3, 0.4) is 0 Å². The van der Waals surface area contributed by atoms with E-state index in [-0.39, 0.29) is 55.8 Å². The van der Waals surface area contributed by atoms with Crippen molar-refractivity contribution in [1.29, 1.82) is 0 Å². The van der Waals surface area contributed by atoms with Gasteiger partial charge >= 0.3 is 51.9 Å². The van der Waals surface area contributed by atoms with Crippen molar-refractivity contribution in [1.82, 2.24) is 0 Å². The molecule has 0 rings (SSSR count). The molecule has 104 valence electrons. The first-order valence-corrected chi connectivity index (χ1v) is 6.11. The number of ether oxygens (including phenoxy) is 2. The molecule has 0 atom stereocenters. The van der Waals surface area contributed by atoms with Crippen molar-refractivity contribution < 1.29 is 67.6 Å². The first kappa shape index (κ1) is 22.9. The van der Waals surface area contributed by atoms with Crippen LogP contribution in [0.2, 0.25) is 0 Å². The third-order valence-corrected chi connectivity index (χ3v) is 1.14. The van der Waals surface area contributed by atoms with E-state index < -0.39 is 10.4 Å². The average molecular weight is 296 g/mol. The molecule has 0 aliphatic rings. The summed E-state index contributed by atoms with van der Waals surface area (Å²) >= 11 is 0. The minimum atomic E-state index is -4.67. The van der Waals surface area contributed by atoms with Crippen molar-refractivity contribution in [2.24, 2.45) is 0 Å². The summed E-state index contributed by atoms with van der Waals surface area (Å²) in [5, 5.41) is 0. The van der Waals surface area contributed by atoms with E-state index in [1.165, 1.54) is 0 Å². The van der Waals surface area contributed by atoms with Gasteiger partial charge in [-0.1, -0.05) is 0 Å². The standard InChI is InChI=1S/C8H14O4.Na.H2O4S.H/c1-3-11-7(9)5-6-8(10)12-4-2;;1-5(2,3)4;/h3-6H2,1-2H3;;(H2,1,2,3,4);/q;+1;;-1. The second-order valence-electron chi connectivity index (χ2n) is 2.56. The predicted octanol–water partition coefficient (Wildman–Crippen LogP) is -2.64.